The molecule has 1 aliphatic rings. The molecular weight excluding hydrogens is 198 g/mol. The zero-order valence-corrected chi connectivity index (χ0v) is 9.19. The smallest absolute Gasteiger partial charge is 0.348 e. The Morgan fingerprint density at radius 1 is 1.64 bits per heavy atom. The Kier molecular flexibility index (Phi) is 2.56. The molecule has 0 aliphatic carbocycles. The number of rotatable bonds is 2. The van der Waals surface area contributed by atoms with Gasteiger partial charge in [-0.05, 0) is 25.6 Å². The van der Waals surface area contributed by atoms with Gasteiger partial charge in [0.25, 0.3) is 0 Å². The number of thiophene rings is 1. The van der Waals surface area contributed by atoms with E-state index in [1.807, 2.05) is 13.0 Å². The predicted octanol–water partition coefficient (Wildman–Crippen LogP) is 1.87. The van der Waals surface area contributed by atoms with E-state index in [4.69, 9.17) is 4.74 Å². The van der Waals surface area contributed by atoms with Gasteiger partial charge in [-0.15, -0.1) is 11.3 Å². The SMILES string of the molecule is CCOC(=O)c1cc2c(s1)CN(C)C2. The van der Waals surface area contributed by atoms with Gasteiger partial charge in [0.05, 0.1) is 6.61 Å². The lowest BCUT2D eigenvalue weighted by Gasteiger charge is -2.04. The van der Waals surface area contributed by atoms with Crippen LogP contribution >= 0.6 is 11.3 Å². The van der Waals surface area contributed by atoms with E-state index in [-0.39, 0.29) is 5.97 Å². The number of hydrogen-bond acceptors (Lipinski definition) is 4. The van der Waals surface area contributed by atoms with Gasteiger partial charge in [-0.2, -0.15) is 0 Å². The quantitative estimate of drug-likeness (QED) is 0.699. The van der Waals surface area contributed by atoms with Crippen LogP contribution in [0.2, 0.25) is 0 Å². The summed E-state index contributed by atoms with van der Waals surface area (Å²) in [5.41, 5.74) is 1.28. The summed E-state index contributed by atoms with van der Waals surface area (Å²) >= 11 is 1.56. The van der Waals surface area contributed by atoms with Crippen LogP contribution in [-0.2, 0) is 17.8 Å². The molecule has 4 heteroatoms. The fourth-order valence-corrected chi connectivity index (χ4v) is 2.78. The number of fused-ring (bicyclic) bond motifs is 1. The third kappa shape index (κ3) is 1.67. The van der Waals surface area contributed by atoms with E-state index >= 15 is 0 Å². The molecule has 0 spiro atoms. The van der Waals surface area contributed by atoms with E-state index < -0.39 is 0 Å². The Bertz CT molecular complexity index is 336. The maximum atomic E-state index is 11.4. The molecule has 0 unspecified atom stereocenters. The highest BCUT2D eigenvalue weighted by Gasteiger charge is 2.21. The molecule has 0 saturated heterocycles. The Labute approximate surface area is 87.3 Å². The van der Waals surface area contributed by atoms with Crippen LogP contribution in [0, 0.1) is 0 Å². The fourth-order valence-electron chi connectivity index (χ4n) is 1.63. The number of esters is 1. The van der Waals surface area contributed by atoms with Crippen molar-refractivity contribution < 1.29 is 9.53 Å². The zero-order chi connectivity index (χ0) is 10.1. The van der Waals surface area contributed by atoms with Gasteiger partial charge in [0.1, 0.15) is 4.88 Å². The van der Waals surface area contributed by atoms with Crippen LogP contribution in [0.1, 0.15) is 27.0 Å². The van der Waals surface area contributed by atoms with E-state index in [1.165, 1.54) is 10.4 Å². The molecule has 1 aliphatic heterocycles. The number of carbonyl (C=O) groups is 1. The van der Waals surface area contributed by atoms with Crippen molar-refractivity contribution in [3.05, 3.63) is 21.4 Å². The van der Waals surface area contributed by atoms with E-state index in [1.54, 1.807) is 11.3 Å². The van der Waals surface area contributed by atoms with Crippen molar-refractivity contribution in [2.75, 3.05) is 13.7 Å². The van der Waals surface area contributed by atoms with Gasteiger partial charge in [0, 0.05) is 18.0 Å². The third-order valence-electron chi connectivity index (χ3n) is 2.23. The van der Waals surface area contributed by atoms with Gasteiger partial charge in [0.15, 0.2) is 0 Å². The summed E-state index contributed by atoms with van der Waals surface area (Å²) in [6, 6.07) is 1.96. The Morgan fingerprint density at radius 3 is 3.07 bits per heavy atom. The zero-order valence-electron chi connectivity index (χ0n) is 8.37. The van der Waals surface area contributed by atoms with Crippen LogP contribution in [0.5, 0.6) is 0 Å². The molecule has 3 nitrogen and oxygen atoms in total. The first-order valence-corrected chi connectivity index (χ1v) is 5.49. The molecule has 0 saturated carbocycles. The lowest BCUT2D eigenvalue weighted by molar-refractivity contribution is 0.0532. The van der Waals surface area contributed by atoms with Crippen LogP contribution in [0.3, 0.4) is 0 Å². The van der Waals surface area contributed by atoms with Crippen molar-refractivity contribution in [3.8, 4) is 0 Å². The molecule has 0 N–H and O–H groups in total. The standard InChI is InChI=1S/C10H13NO2S/c1-3-13-10(12)8-4-7-5-11(2)6-9(7)14-8/h4H,3,5-6H2,1-2H3. The molecule has 1 aromatic rings. The molecule has 2 heterocycles. The number of hydrogen-bond donors (Lipinski definition) is 0. The minimum absolute atomic E-state index is 0.186. The third-order valence-corrected chi connectivity index (χ3v) is 3.37. The van der Waals surface area contributed by atoms with E-state index in [2.05, 4.69) is 11.9 Å². The van der Waals surface area contributed by atoms with E-state index in [0.717, 1.165) is 18.0 Å². The summed E-state index contributed by atoms with van der Waals surface area (Å²) in [5, 5.41) is 0. The lowest BCUT2D eigenvalue weighted by atomic mass is 10.3. The summed E-state index contributed by atoms with van der Waals surface area (Å²) in [4.78, 5) is 15.7. The lowest BCUT2D eigenvalue weighted by Crippen LogP contribution is -2.08. The van der Waals surface area contributed by atoms with Crippen molar-refractivity contribution in [2.24, 2.45) is 0 Å². The topological polar surface area (TPSA) is 29.5 Å². The molecule has 0 bridgehead atoms. The second-order valence-electron chi connectivity index (χ2n) is 3.45. The Balaban J connectivity index is 2.16. The molecule has 14 heavy (non-hydrogen) atoms. The number of carbonyl (C=O) groups excluding carboxylic acids is 1. The van der Waals surface area contributed by atoms with Gasteiger partial charge in [-0.3, -0.25) is 4.90 Å². The van der Waals surface area contributed by atoms with Crippen molar-refractivity contribution in [2.45, 2.75) is 20.0 Å². The minimum atomic E-state index is -0.186. The van der Waals surface area contributed by atoms with Crippen LogP contribution in [0.25, 0.3) is 0 Å². The average Bonchev–Trinajstić information content (AvgIpc) is 2.61. The van der Waals surface area contributed by atoms with E-state index in [9.17, 15) is 4.79 Å². The number of ether oxygens (including phenoxy) is 1. The molecule has 0 radical (unpaired) electrons. The number of nitrogens with zero attached hydrogens (tertiary/aromatic N) is 1. The highest BCUT2D eigenvalue weighted by atomic mass is 32.1. The van der Waals surface area contributed by atoms with Crippen LogP contribution in [0.15, 0.2) is 6.07 Å². The first-order chi connectivity index (χ1) is 6.70. The monoisotopic (exact) mass is 211 g/mol. The van der Waals surface area contributed by atoms with Gasteiger partial charge in [-0.25, -0.2) is 4.79 Å². The highest BCUT2D eigenvalue weighted by Crippen LogP contribution is 2.30. The van der Waals surface area contributed by atoms with Crippen LogP contribution < -0.4 is 0 Å². The van der Waals surface area contributed by atoms with E-state index in [0.29, 0.717) is 6.61 Å². The van der Waals surface area contributed by atoms with Crippen LogP contribution in [0.4, 0.5) is 0 Å². The summed E-state index contributed by atoms with van der Waals surface area (Å²) in [5.74, 6) is -0.186. The maximum Gasteiger partial charge on any atom is 0.348 e. The Hall–Kier alpha value is -0.870. The normalized spacial score (nSPS) is 15.6. The summed E-state index contributed by atoms with van der Waals surface area (Å²) < 4.78 is 4.95. The van der Waals surface area contributed by atoms with Crippen LogP contribution in [-0.4, -0.2) is 24.5 Å². The molecule has 0 fully saturated rings. The maximum absolute atomic E-state index is 11.4. The fraction of sp³-hybridized carbons (Fsp3) is 0.500. The summed E-state index contributed by atoms with van der Waals surface area (Å²) in [6.45, 7) is 4.18. The summed E-state index contributed by atoms with van der Waals surface area (Å²) in [6.07, 6.45) is 0. The molecule has 0 amide bonds. The molecule has 2 rings (SSSR count). The Morgan fingerprint density at radius 2 is 2.43 bits per heavy atom. The summed E-state index contributed by atoms with van der Waals surface area (Å²) in [7, 11) is 2.08. The molecule has 0 atom stereocenters. The van der Waals surface area contributed by atoms with Gasteiger partial charge >= 0.3 is 5.97 Å². The highest BCUT2D eigenvalue weighted by molar-refractivity contribution is 7.14. The van der Waals surface area contributed by atoms with Gasteiger partial charge in [-0.1, -0.05) is 0 Å². The van der Waals surface area contributed by atoms with Crippen molar-refractivity contribution in [3.63, 3.8) is 0 Å². The second-order valence-corrected chi connectivity index (χ2v) is 4.59. The first kappa shape index (κ1) is 9.68. The first-order valence-electron chi connectivity index (χ1n) is 4.68. The molecule has 0 aromatic carbocycles. The van der Waals surface area contributed by atoms with Gasteiger partial charge in [0.2, 0.25) is 0 Å². The second kappa shape index (κ2) is 3.71. The molecule has 1 aromatic heterocycles. The largest absolute Gasteiger partial charge is 0.462 e. The van der Waals surface area contributed by atoms with Crippen molar-refractivity contribution in [1.29, 1.82) is 0 Å². The predicted molar refractivity (Wildman–Crippen MR) is 55.4 cm³/mol. The molecular formula is C10H13NO2S. The average molecular weight is 211 g/mol. The minimum Gasteiger partial charge on any atom is -0.462 e. The van der Waals surface area contributed by atoms with Crippen molar-refractivity contribution in [1.82, 2.24) is 4.90 Å². The molecule has 76 valence electrons. The van der Waals surface area contributed by atoms with Gasteiger partial charge < -0.3 is 4.74 Å². The van der Waals surface area contributed by atoms with Crippen molar-refractivity contribution >= 4 is 17.3 Å².